The number of aromatic carboxylic acids is 1. The van der Waals surface area contributed by atoms with E-state index in [2.05, 4.69) is 15.6 Å². The third-order valence-electron chi connectivity index (χ3n) is 3.52. The molecule has 0 fully saturated rings. The fourth-order valence-electron chi connectivity index (χ4n) is 2.27. The third-order valence-corrected chi connectivity index (χ3v) is 5.86. The number of thioether (sulfide) groups is 1. The molecule has 3 rings (SSSR count). The minimum Gasteiger partial charge on any atom is -0.478 e. The molecular weight excluding hydrogens is 360 g/mol. The Hall–Kier alpha value is -2.39. The quantitative estimate of drug-likeness (QED) is 0.757. The van der Waals surface area contributed by atoms with E-state index in [1.807, 2.05) is 6.92 Å². The van der Waals surface area contributed by atoms with Crippen molar-refractivity contribution >= 4 is 51.0 Å². The Bertz CT molecular complexity index is 865. The lowest BCUT2D eigenvalue weighted by Crippen LogP contribution is -2.17. The van der Waals surface area contributed by atoms with Crippen LogP contribution in [-0.4, -0.2) is 32.9 Å². The van der Waals surface area contributed by atoms with E-state index in [9.17, 15) is 9.59 Å². The molecule has 1 aliphatic rings. The van der Waals surface area contributed by atoms with E-state index in [1.165, 1.54) is 18.3 Å². The molecule has 1 aromatic heterocycles. The van der Waals surface area contributed by atoms with Gasteiger partial charge in [-0.3, -0.25) is 4.79 Å². The third kappa shape index (κ3) is 3.99. The van der Waals surface area contributed by atoms with Crippen LogP contribution in [0.25, 0.3) is 0 Å². The molecule has 1 aliphatic heterocycles. The number of hydrogen-bond donors (Lipinski definition) is 3. The van der Waals surface area contributed by atoms with Crippen LogP contribution in [-0.2, 0) is 10.3 Å². The summed E-state index contributed by atoms with van der Waals surface area (Å²) in [6.07, 6.45) is 1.73. The van der Waals surface area contributed by atoms with E-state index in [4.69, 9.17) is 10.1 Å². The fourth-order valence-corrected chi connectivity index (χ4v) is 4.41. The molecule has 0 aliphatic carbocycles. The maximum atomic E-state index is 11.1. The van der Waals surface area contributed by atoms with Crippen LogP contribution in [0.5, 0.6) is 0 Å². The maximum absolute atomic E-state index is 11.1. The molecule has 0 radical (unpaired) electrons. The molecule has 7 nitrogen and oxygen atoms in total. The molecular formula is C16H16N4O3S2. The molecule has 130 valence electrons. The van der Waals surface area contributed by atoms with Crippen LogP contribution in [0.2, 0.25) is 0 Å². The van der Waals surface area contributed by atoms with Crippen molar-refractivity contribution in [1.82, 2.24) is 4.98 Å². The summed E-state index contributed by atoms with van der Waals surface area (Å²) in [6.45, 7) is 3.45. The lowest BCUT2D eigenvalue weighted by Gasteiger charge is -2.16. The van der Waals surface area contributed by atoms with E-state index in [-0.39, 0.29) is 11.5 Å². The second-order valence-electron chi connectivity index (χ2n) is 5.70. The SMILES string of the molecule is CC(=O)Nc1ncc(C2(C)CSC(Nc3cccc(C(=O)O)c3)=N2)s1. The van der Waals surface area contributed by atoms with Crippen LogP contribution in [0.1, 0.15) is 29.1 Å². The summed E-state index contributed by atoms with van der Waals surface area (Å²) in [5, 5.41) is 16.2. The fraction of sp³-hybridized carbons (Fsp3) is 0.250. The van der Waals surface area contributed by atoms with Gasteiger partial charge in [-0.15, -0.1) is 0 Å². The second-order valence-corrected chi connectivity index (χ2v) is 7.70. The van der Waals surface area contributed by atoms with Crippen molar-refractivity contribution in [2.45, 2.75) is 19.4 Å². The number of nitrogens with zero attached hydrogens (tertiary/aromatic N) is 2. The summed E-state index contributed by atoms with van der Waals surface area (Å²) in [5.41, 5.74) is 0.462. The number of nitrogens with one attached hydrogen (secondary N) is 2. The van der Waals surface area contributed by atoms with Crippen LogP contribution in [0.3, 0.4) is 0 Å². The number of aromatic nitrogens is 1. The summed E-state index contributed by atoms with van der Waals surface area (Å²) in [6, 6.07) is 6.60. The number of carboxylic acids is 1. The van der Waals surface area contributed by atoms with Gasteiger partial charge in [-0.25, -0.2) is 14.8 Å². The summed E-state index contributed by atoms with van der Waals surface area (Å²) in [4.78, 5) is 32.1. The zero-order valence-electron chi connectivity index (χ0n) is 13.6. The number of amidine groups is 1. The molecule has 25 heavy (non-hydrogen) atoms. The Morgan fingerprint density at radius 1 is 1.36 bits per heavy atom. The minimum absolute atomic E-state index is 0.156. The first-order chi connectivity index (χ1) is 11.9. The van der Waals surface area contributed by atoms with Gasteiger partial charge in [0.05, 0.1) is 10.4 Å². The van der Waals surface area contributed by atoms with Crippen LogP contribution in [0.4, 0.5) is 10.8 Å². The molecule has 1 aromatic carbocycles. The maximum Gasteiger partial charge on any atom is 0.335 e. The highest BCUT2D eigenvalue weighted by molar-refractivity contribution is 8.14. The summed E-state index contributed by atoms with van der Waals surface area (Å²) in [5.74, 6) is -0.393. The molecule has 0 bridgehead atoms. The van der Waals surface area contributed by atoms with Crippen molar-refractivity contribution in [3.8, 4) is 0 Å². The lowest BCUT2D eigenvalue weighted by molar-refractivity contribution is -0.114. The zero-order chi connectivity index (χ0) is 18.0. The smallest absolute Gasteiger partial charge is 0.335 e. The van der Waals surface area contributed by atoms with Gasteiger partial charge in [0.2, 0.25) is 5.91 Å². The Balaban J connectivity index is 1.77. The van der Waals surface area contributed by atoms with Crippen molar-refractivity contribution in [3.05, 3.63) is 40.9 Å². The number of carboxylic acid groups (broad SMARTS) is 1. The van der Waals surface area contributed by atoms with Gasteiger partial charge >= 0.3 is 5.97 Å². The van der Waals surface area contributed by atoms with Crippen LogP contribution in [0, 0.1) is 0 Å². The normalized spacial score (nSPS) is 19.4. The Morgan fingerprint density at radius 3 is 2.88 bits per heavy atom. The number of aliphatic imine (C=N–C) groups is 1. The first-order valence-electron chi connectivity index (χ1n) is 7.43. The summed E-state index contributed by atoms with van der Waals surface area (Å²) in [7, 11) is 0. The van der Waals surface area contributed by atoms with Crippen LogP contribution < -0.4 is 10.6 Å². The molecule has 9 heteroatoms. The monoisotopic (exact) mass is 376 g/mol. The molecule has 2 aromatic rings. The number of amides is 1. The van der Waals surface area contributed by atoms with Gasteiger partial charge in [-0.05, 0) is 25.1 Å². The molecule has 1 amide bonds. The molecule has 0 spiro atoms. The average molecular weight is 376 g/mol. The standard InChI is InChI=1S/C16H16N4O3S2/c1-9(21)18-14-17-7-12(25-14)16(2)8-24-15(20-16)19-11-5-3-4-10(6-11)13(22)23/h3-7H,8H2,1-2H3,(H,19,20)(H,22,23)(H,17,18,21). The Labute approximate surface area is 152 Å². The molecule has 3 N–H and O–H groups in total. The highest BCUT2D eigenvalue weighted by Crippen LogP contribution is 2.40. The van der Waals surface area contributed by atoms with Gasteiger partial charge in [0.1, 0.15) is 5.54 Å². The van der Waals surface area contributed by atoms with Crippen LogP contribution in [0.15, 0.2) is 35.5 Å². The molecule has 2 heterocycles. The highest BCUT2D eigenvalue weighted by atomic mass is 32.2. The minimum atomic E-state index is -0.968. The van der Waals surface area contributed by atoms with Gasteiger partial charge < -0.3 is 15.7 Å². The predicted octanol–water partition coefficient (Wildman–Crippen LogP) is 3.23. The molecule has 1 atom stereocenters. The lowest BCUT2D eigenvalue weighted by atomic mass is 10.1. The largest absolute Gasteiger partial charge is 0.478 e. The van der Waals surface area contributed by atoms with Gasteiger partial charge in [-0.1, -0.05) is 29.2 Å². The second kappa shape index (κ2) is 6.85. The van der Waals surface area contributed by atoms with Gasteiger partial charge in [0.15, 0.2) is 10.3 Å². The van der Waals surface area contributed by atoms with E-state index in [1.54, 1.807) is 42.2 Å². The summed E-state index contributed by atoms with van der Waals surface area (Å²) < 4.78 is 0. The van der Waals surface area contributed by atoms with Gasteiger partial charge in [0, 0.05) is 24.6 Å². The summed E-state index contributed by atoms with van der Waals surface area (Å²) >= 11 is 2.96. The first kappa shape index (κ1) is 17.4. The van der Waals surface area contributed by atoms with Crippen molar-refractivity contribution in [2.24, 2.45) is 4.99 Å². The van der Waals surface area contributed by atoms with Crippen molar-refractivity contribution in [2.75, 3.05) is 16.4 Å². The zero-order valence-corrected chi connectivity index (χ0v) is 15.2. The number of benzene rings is 1. The van der Waals surface area contributed by atoms with Gasteiger partial charge in [-0.2, -0.15) is 0 Å². The highest BCUT2D eigenvalue weighted by Gasteiger charge is 2.34. The number of rotatable bonds is 4. The van der Waals surface area contributed by atoms with Gasteiger partial charge in [0.25, 0.3) is 0 Å². The number of carbonyl (C=O) groups is 2. The van der Waals surface area contributed by atoms with Crippen molar-refractivity contribution in [3.63, 3.8) is 0 Å². The van der Waals surface area contributed by atoms with E-state index in [0.29, 0.717) is 10.8 Å². The number of carbonyl (C=O) groups excluding carboxylic acids is 1. The van der Waals surface area contributed by atoms with Crippen molar-refractivity contribution in [1.29, 1.82) is 0 Å². The molecule has 0 saturated heterocycles. The van der Waals surface area contributed by atoms with Crippen molar-refractivity contribution < 1.29 is 14.7 Å². The topological polar surface area (TPSA) is 104 Å². The van der Waals surface area contributed by atoms with E-state index >= 15 is 0 Å². The Kier molecular flexibility index (Phi) is 4.78. The van der Waals surface area contributed by atoms with E-state index in [0.717, 1.165) is 15.8 Å². The number of anilines is 2. The number of hydrogen-bond acceptors (Lipinski definition) is 7. The first-order valence-corrected chi connectivity index (χ1v) is 9.23. The average Bonchev–Trinajstić information content (AvgIpc) is 3.15. The predicted molar refractivity (Wildman–Crippen MR) is 101 cm³/mol. The van der Waals surface area contributed by atoms with Crippen LogP contribution >= 0.6 is 23.1 Å². The van der Waals surface area contributed by atoms with E-state index < -0.39 is 11.5 Å². The Morgan fingerprint density at radius 2 is 2.16 bits per heavy atom. The molecule has 1 unspecified atom stereocenters. The molecule has 0 saturated carbocycles. The number of thiazole rings is 1.